The number of halogens is 2. The van der Waals surface area contributed by atoms with Crippen molar-refractivity contribution in [1.29, 1.82) is 0 Å². The van der Waals surface area contributed by atoms with Crippen LogP contribution in [0, 0.1) is 12.7 Å². The first-order chi connectivity index (χ1) is 14.1. The number of guanidine groups is 1. The standard InChI is InChI=1S/C22H29FN4O2.HI/c1-17-3-4-18(21(15-17)29-14-13-28-2)16-25-22(24)27-11-9-26(10-12-27)20-7-5-19(23)6-8-20;/h3-8,15H,9-14,16H2,1-2H3,(H2,24,25);1H. The quantitative estimate of drug-likeness (QED) is 0.259. The van der Waals surface area contributed by atoms with Crippen molar-refractivity contribution in [3.05, 3.63) is 59.4 Å². The number of nitrogens with zero attached hydrogens (tertiary/aromatic N) is 3. The average molecular weight is 528 g/mol. The number of aryl methyl sites for hydroxylation is 1. The lowest BCUT2D eigenvalue weighted by atomic mass is 10.1. The molecule has 2 aromatic rings. The molecule has 1 saturated heterocycles. The molecule has 3 rings (SSSR count). The van der Waals surface area contributed by atoms with Crippen molar-refractivity contribution in [1.82, 2.24) is 4.90 Å². The zero-order chi connectivity index (χ0) is 20.6. The molecule has 0 amide bonds. The molecule has 2 aromatic carbocycles. The summed E-state index contributed by atoms with van der Waals surface area (Å²) in [7, 11) is 1.65. The summed E-state index contributed by atoms with van der Waals surface area (Å²) >= 11 is 0. The fourth-order valence-electron chi connectivity index (χ4n) is 3.27. The SMILES string of the molecule is COCCOc1cc(C)ccc1CN=C(N)N1CCN(c2ccc(F)cc2)CC1.I. The Balaban J connectivity index is 0.00000320. The van der Waals surface area contributed by atoms with Crippen LogP contribution in [0.1, 0.15) is 11.1 Å². The first-order valence-electron chi connectivity index (χ1n) is 9.83. The topological polar surface area (TPSA) is 63.3 Å². The van der Waals surface area contributed by atoms with Gasteiger partial charge in [0, 0.05) is 44.5 Å². The molecule has 0 bridgehead atoms. The molecule has 1 aliphatic heterocycles. The van der Waals surface area contributed by atoms with Crippen LogP contribution in [0.25, 0.3) is 0 Å². The summed E-state index contributed by atoms with van der Waals surface area (Å²) in [5, 5.41) is 0. The highest BCUT2D eigenvalue weighted by Crippen LogP contribution is 2.22. The van der Waals surface area contributed by atoms with Crippen LogP contribution in [-0.2, 0) is 11.3 Å². The number of rotatable bonds is 7. The number of anilines is 1. The molecule has 2 N–H and O–H groups in total. The molecule has 1 aliphatic rings. The van der Waals surface area contributed by atoms with Crippen LogP contribution in [-0.4, -0.2) is 57.4 Å². The fourth-order valence-corrected chi connectivity index (χ4v) is 3.27. The summed E-state index contributed by atoms with van der Waals surface area (Å²) in [6.45, 7) is 6.72. The molecule has 0 aliphatic carbocycles. The van der Waals surface area contributed by atoms with E-state index in [1.54, 1.807) is 7.11 Å². The minimum atomic E-state index is -0.217. The maximum absolute atomic E-state index is 13.1. The lowest BCUT2D eigenvalue weighted by Crippen LogP contribution is -2.51. The Labute approximate surface area is 194 Å². The summed E-state index contributed by atoms with van der Waals surface area (Å²) in [5.41, 5.74) is 9.41. The third-order valence-electron chi connectivity index (χ3n) is 4.97. The van der Waals surface area contributed by atoms with Gasteiger partial charge in [-0.15, -0.1) is 24.0 Å². The second kappa shape index (κ2) is 11.9. The van der Waals surface area contributed by atoms with Crippen LogP contribution in [0.15, 0.2) is 47.5 Å². The minimum Gasteiger partial charge on any atom is -0.491 e. The summed E-state index contributed by atoms with van der Waals surface area (Å²) in [5.74, 6) is 1.14. The largest absolute Gasteiger partial charge is 0.491 e. The Kier molecular flexibility index (Phi) is 9.64. The van der Waals surface area contributed by atoms with Gasteiger partial charge in [-0.3, -0.25) is 0 Å². The lowest BCUT2D eigenvalue weighted by Gasteiger charge is -2.36. The van der Waals surface area contributed by atoms with Crippen LogP contribution < -0.4 is 15.4 Å². The van der Waals surface area contributed by atoms with Gasteiger partial charge in [0.2, 0.25) is 0 Å². The van der Waals surface area contributed by atoms with E-state index in [0.29, 0.717) is 25.7 Å². The predicted molar refractivity (Wildman–Crippen MR) is 129 cm³/mol. The molecular weight excluding hydrogens is 498 g/mol. The molecular formula is C22H30FIN4O2. The Bertz CT molecular complexity index is 824. The van der Waals surface area contributed by atoms with Crippen molar-refractivity contribution < 1.29 is 13.9 Å². The molecule has 0 saturated carbocycles. The van der Waals surface area contributed by atoms with Crippen molar-refractivity contribution in [2.24, 2.45) is 10.7 Å². The molecule has 30 heavy (non-hydrogen) atoms. The zero-order valence-electron chi connectivity index (χ0n) is 17.5. The Morgan fingerprint density at radius 2 is 1.77 bits per heavy atom. The molecule has 0 spiro atoms. The molecule has 164 valence electrons. The Morgan fingerprint density at radius 3 is 2.43 bits per heavy atom. The van der Waals surface area contributed by atoms with E-state index in [0.717, 1.165) is 48.7 Å². The van der Waals surface area contributed by atoms with Gasteiger partial charge in [0.15, 0.2) is 5.96 Å². The number of ether oxygens (including phenoxy) is 2. The fraction of sp³-hybridized carbons (Fsp3) is 0.409. The number of methoxy groups -OCH3 is 1. The number of hydrogen-bond acceptors (Lipinski definition) is 4. The smallest absolute Gasteiger partial charge is 0.191 e. The van der Waals surface area contributed by atoms with Gasteiger partial charge in [0.25, 0.3) is 0 Å². The van der Waals surface area contributed by atoms with Gasteiger partial charge in [-0.25, -0.2) is 9.38 Å². The summed E-state index contributed by atoms with van der Waals surface area (Å²) in [6.07, 6.45) is 0. The zero-order valence-corrected chi connectivity index (χ0v) is 19.8. The van der Waals surface area contributed by atoms with Crippen LogP contribution in [0.2, 0.25) is 0 Å². The van der Waals surface area contributed by atoms with Crippen molar-refractivity contribution in [2.75, 3.05) is 51.4 Å². The normalized spacial score (nSPS) is 14.4. The van der Waals surface area contributed by atoms with Gasteiger partial charge < -0.3 is 25.0 Å². The average Bonchev–Trinajstić information content (AvgIpc) is 2.74. The van der Waals surface area contributed by atoms with E-state index in [1.165, 1.54) is 12.1 Å². The second-order valence-electron chi connectivity index (χ2n) is 7.08. The second-order valence-corrected chi connectivity index (χ2v) is 7.08. The number of nitrogens with two attached hydrogens (primary N) is 1. The van der Waals surface area contributed by atoms with Crippen molar-refractivity contribution >= 4 is 35.6 Å². The van der Waals surface area contributed by atoms with Crippen LogP contribution in [0.3, 0.4) is 0 Å². The van der Waals surface area contributed by atoms with Crippen LogP contribution in [0.4, 0.5) is 10.1 Å². The van der Waals surface area contributed by atoms with Crippen molar-refractivity contribution in [2.45, 2.75) is 13.5 Å². The predicted octanol–water partition coefficient (Wildman–Crippen LogP) is 3.41. The van der Waals surface area contributed by atoms with Crippen molar-refractivity contribution in [3.8, 4) is 5.75 Å². The van der Waals surface area contributed by atoms with Gasteiger partial charge >= 0.3 is 0 Å². The van der Waals surface area contributed by atoms with Gasteiger partial charge in [0.05, 0.1) is 13.2 Å². The number of hydrogen-bond donors (Lipinski definition) is 1. The van der Waals surface area contributed by atoms with Crippen molar-refractivity contribution in [3.63, 3.8) is 0 Å². The van der Waals surface area contributed by atoms with E-state index >= 15 is 0 Å². The maximum Gasteiger partial charge on any atom is 0.191 e. The summed E-state index contributed by atoms with van der Waals surface area (Å²) in [4.78, 5) is 8.90. The first kappa shape index (κ1) is 24.2. The molecule has 8 heteroatoms. The van der Waals surface area contributed by atoms with E-state index in [4.69, 9.17) is 15.2 Å². The van der Waals surface area contributed by atoms with E-state index in [2.05, 4.69) is 14.8 Å². The molecule has 6 nitrogen and oxygen atoms in total. The Hall–Kier alpha value is -2.07. The third-order valence-corrected chi connectivity index (χ3v) is 4.97. The maximum atomic E-state index is 13.1. The first-order valence-corrected chi connectivity index (χ1v) is 9.83. The monoisotopic (exact) mass is 528 g/mol. The van der Waals surface area contributed by atoms with Gasteiger partial charge in [-0.1, -0.05) is 12.1 Å². The number of benzene rings is 2. The van der Waals surface area contributed by atoms with E-state index in [1.807, 2.05) is 37.3 Å². The summed E-state index contributed by atoms with van der Waals surface area (Å²) in [6, 6.07) is 12.7. The number of piperazine rings is 1. The van der Waals surface area contributed by atoms with Gasteiger partial charge in [-0.2, -0.15) is 0 Å². The molecule has 1 fully saturated rings. The van der Waals surface area contributed by atoms with Gasteiger partial charge in [0.1, 0.15) is 18.2 Å². The van der Waals surface area contributed by atoms with Crippen LogP contribution >= 0.6 is 24.0 Å². The molecule has 1 heterocycles. The molecule has 0 radical (unpaired) electrons. The van der Waals surface area contributed by atoms with Crippen LogP contribution in [0.5, 0.6) is 5.75 Å². The van der Waals surface area contributed by atoms with E-state index in [9.17, 15) is 4.39 Å². The minimum absolute atomic E-state index is 0. The number of aliphatic imine (C=N–C) groups is 1. The molecule has 0 unspecified atom stereocenters. The van der Waals surface area contributed by atoms with Gasteiger partial charge in [-0.05, 0) is 42.8 Å². The summed E-state index contributed by atoms with van der Waals surface area (Å²) < 4.78 is 24.0. The molecule has 0 aromatic heterocycles. The highest BCUT2D eigenvalue weighted by molar-refractivity contribution is 14.0. The highest BCUT2D eigenvalue weighted by atomic mass is 127. The van der Waals surface area contributed by atoms with E-state index in [-0.39, 0.29) is 29.8 Å². The lowest BCUT2D eigenvalue weighted by molar-refractivity contribution is 0.145. The van der Waals surface area contributed by atoms with E-state index < -0.39 is 0 Å². The molecule has 0 atom stereocenters. The third kappa shape index (κ3) is 6.73. The highest BCUT2D eigenvalue weighted by Gasteiger charge is 2.18. The Morgan fingerprint density at radius 1 is 1.07 bits per heavy atom.